The predicted octanol–water partition coefficient (Wildman–Crippen LogP) is 2.29. The minimum absolute atomic E-state index is 0.0339. The van der Waals surface area contributed by atoms with Gasteiger partial charge < -0.3 is 15.8 Å². The number of ether oxygens (including phenoxy) is 1. The molecule has 0 fully saturated rings. The van der Waals surface area contributed by atoms with Gasteiger partial charge >= 0.3 is 0 Å². The zero-order chi connectivity index (χ0) is 17.6. The number of carbonyl (C=O) groups is 2. The summed E-state index contributed by atoms with van der Waals surface area (Å²) in [6, 6.07) is 15.3. The van der Waals surface area contributed by atoms with Crippen molar-refractivity contribution in [3.63, 3.8) is 0 Å². The largest absolute Gasteiger partial charge is 0.484 e. The van der Waals surface area contributed by atoms with E-state index in [1.165, 1.54) is 11.1 Å². The minimum atomic E-state index is -0.374. The first-order valence-electron chi connectivity index (χ1n) is 8.49. The van der Waals surface area contributed by atoms with Crippen LogP contribution >= 0.6 is 0 Å². The molecule has 0 saturated heterocycles. The molecule has 130 valence electrons. The summed E-state index contributed by atoms with van der Waals surface area (Å²) < 4.78 is 5.53. The molecule has 2 aromatic rings. The van der Waals surface area contributed by atoms with E-state index in [1.54, 1.807) is 24.3 Å². The van der Waals surface area contributed by atoms with Gasteiger partial charge in [-0.2, -0.15) is 0 Å². The van der Waals surface area contributed by atoms with E-state index in [9.17, 15) is 9.59 Å². The third kappa shape index (κ3) is 4.59. The number of hydrogen-bond donors (Lipinski definition) is 2. The highest BCUT2D eigenvalue weighted by Gasteiger charge is 2.21. The van der Waals surface area contributed by atoms with E-state index in [1.807, 2.05) is 12.1 Å². The first-order valence-corrected chi connectivity index (χ1v) is 8.49. The number of hydrogen-bond acceptors (Lipinski definition) is 3. The number of rotatable bonds is 6. The van der Waals surface area contributed by atoms with Crippen LogP contribution in [0.3, 0.4) is 0 Å². The molecule has 0 heterocycles. The van der Waals surface area contributed by atoms with Gasteiger partial charge in [-0.25, -0.2) is 0 Å². The van der Waals surface area contributed by atoms with Crippen LogP contribution in [0.4, 0.5) is 0 Å². The van der Waals surface area contributed by atoms with Crippen LogP contribution in [0.25, 0.3) is 0 Å². The van der Waals surface area contributed by atoms with Gasteiger partial charge in [0.15, 0.2) is 6.61 Å². The molecule has 5 nitrogen and oxygen atoms in total. The zero-order valence-corrected chi connectivity index (χ0v) is 14.0. The Morgan fingerprint density at radius 1 is 1.12 bits per heavy atom. The van der Waals surface area contributed by atoms with Gasteiger partial charge in [0, 0.05) is 0 Å². The molecule has 0 unspecified atom stereocenters. The number of primary amides is 1. The molecule has 2 aromatic carbocycles. The molecule has 0 aromatic heterocycles. The lowest BCUT2D eigenvalue weighted by molar-refractivity contribution is -0.124. The molecular weight excluding hydrogens is 316 g/mol. The first-order chi connectivity index (χ1) is 12.1. The van der Waals surface area contributed by atoms with E-state index >= 15 is 0 Å². The SMILES string of the molecule is NC(=O)Cc1ccc(OCC(=O)N[C@H]2CCCc3ccccc32)cc1. The summed E-state index contributed by atoms with van der Waals surface area (Å²) in [5.41, 5.74) is 8.50. The van der Waals surface area contributed by atoms with Gasteiger partial charge in [-0.3, -0.25) is 9.59 Å². The van der Waals surface area contributed by atoms with Crippen LogP contribution in [0.2, 0.25) is 0 Å². The summed E-state index contributed by atoms with van der Waals surface area (Å²) in [4.78, 5) is 23.1. The monoisotopic (exact) mass is 338 g/mol. The normalized spacial score (nSPS) is 15.9. The lowest BCUT2D eigenvalue weighted by atomic mass is 9.88. The van der Waals surface area contributed by atoms with Crippen molar-refractivity contribution in [3.8, 4) is 5.75 Å². The third-order valence-electron chi connectivity index (χ3n) is 4.38. The predicted molar refractivity (Wildman–Crippen MR) is 95.1 cm³/mol. The fraction of sp³-hybridized carbons (Fsp3) is 0.300. The van der Waals surface area contributed by atoms with E-state index in [2.05, 4.69) is 17.4 Å². The Balaban J connectivity index is 1.53. The average molecular weight is 338 g/mol. The molecule has 5 heteroatoms. The highest BCUT2D eigenvalue weighted by atomic mass is 16.5. The van der Waals surface area contributed by atoms with Gasteiger partial charge in [0.2, 0.25) is 5.91 Å². The maximum absolute atomic E-state index is 12.2. The number of amides is 2. The smallest absolute Gasteiger partial charge is 0.258 e. The summed E-state index contributed by atoms with van der Waals surface area (Å²) in [7, 11) is 0. The molecule has 0 saturated carbocycles. The molecule has 1 aliphatic carbocycles. The van der Waals surface area contributed by atoms with Crippen molar-refractivity contribution < 1.29 is 14.3 Å². The van der Waals surface area contributed by atoms with Crippen LogP contribution in [-0.4, -0.2) is 18.4 Å². The van der Waals surface area contributed by atoms with Crippen LogP contribution in [0, 0.1) is 0 Å². The van der Waals surface area contributed by atoms with Crippen LogP contribution in [0.1, 0.15) is 35.6 Å². The number of nitrogens with two attached hydrogens (primary N) is 1. The minimum Gasteiger partial charge on any atom is -0.484 e. The van der Waals surface area contributed by atoms with Crippen LogP contribution in [-0.2, 0) is 22.4 Å². The third-order valence-corrected chi connectivity index (χ3v) is 4.38. The molecular formula is C20H22N2O3. The van der Waals surface area contributed by atoms with E-state index in [0.717, 1.165) is 24.8 Å². The Hall–Kier alpha value is -2.82. The van der Waals surface area contributed by atoms with Crippen molar-refractivity contribution >= 4 is 11.8 Å². The second-order valence-electron chi connectivity index (χ2n) is 6.29. The van der Waals surface area contributed by atoms with Gasteiger partial charge in [-0.1, -0.05) is 36.4 Å². The summed E-state index contributed by atoms with van der Waals surface area (Å²) in [5.74, 6) is 0.0798. The number of carbonyl (C=O) groups excluding carboxylic acids is 2. The number of aryl methyl sites for hydroxylation is 1. The Bertz CT molecular complexity index is 756. The van der Waals surface area contributed by atoms with E-state index < -0.39 is 0 Å². The summed E-state index contributed by atoms with van der Waals surface area (Å²) in [5, 5.41) is 3.06. The standard InChI is InChI=1S/C20H22N2O3/c21-19(23)12-14-8-10-16(11-9-14)25-13-20(24)22-18-7-3-5-15-4-1-2-6-17(15)18/h1-2,4,6,8-11,18H,3,5,7,12-13H2,(H2,21,23)(H,22,24)/t18-/m0/s1. The maximum atomic E-state index is 12.2. The van der Waals surface area contributed by atoms with Crippen molar-refractivity contribution in [2.24, 2.45) is 5.73 Å². The molecule has 0 bridgehead atoms. The van der Waals surface area contributed by atoms with Crippen molar-refractivity contribution in [2.75, 3.05) is 6.61 Å². The van der Waals surface area contributed by atoms with Crippen molar-refractivity contribution in [1.29, 1.82) is 0 Å². The lowest BCUT2D eigenvalue weighted by Gasteiger charge is -2.26. The zero-order valence-electron chi connectivity index (χ0n) is 14.0. The quantitative estimate of drug-likeness (QED) is 0.848. The summed E-state index contributed by atoms with van der Waals surface area (Å²) >= 11 is 0. The second kappa shape index (κ2) is 7.83. The highest BCUT2D eigenvalue weighted by molar-refractivity contribution is 5.78. The fourth-order valence-electron chi connectivity index (χ4n) is 3.19. The molecule has 0 aliphatic heterocycles. The Kier molecular flexibility index (Phi) is 5.33. The van der Waals surface area contributed by atoms with Gasteiger partial charge in [0.1, 0.15) is 5.75 Å². The van der Waals surface area contributed by atoms with Crippen molar-refractivity contribution in [1.82, 2.24) is 5.32 Å². The molecule has 25 heavy (non-hydrogen) atoms. The molecule has 0 radical (unpaired) electrons. The van der Waals surface area contributed by atoms with E-state index in [-0.39, 0.29) is 30.9 Å². The molecule has 3 N–H and O–H groups in total. The summed E-state index contributed by atoms with van der Waals surface area (Å²) in [6.07, 6.45) is 3.28. The van der Waals surface area contributed by atoms with Crippen LogP contribution in [0.15, 0.2) is 48.5 Å². The second-order valence-corrected chi connectivity index (χ2v) is 6.29. The number of benzene rings is 2. The van der Waals surface area contributed by atoms with Gasteiger partial charge in [-0.15, -0.1) is 0 Å². The van der Waals surface area contributed by atoms with Gasteiger partial charge in [0.05, 0.1) is 12.5 Å². The fourth-order valence-corrected chi connectivity index (χ4v) is 3.19. The topological polar surface area (TPSA) is 81.4 Å². The number of nitrogens with one attached hydrogen (secondary N) is 1. The van der Waals surface area contributed by atoms with Gasteiger partial charge in [-0.05, 0) is 48.1 Å². The van der Waals surface area contributed by atoms with E-state index in [0.29, 0.717) is 5.75 Å². The van der Waals surface area contributed by atoms with Crippen LogP contribution < -0.4 is 15.8 Å². The Morgan fingerprint density at radius 2 is 1.88 bits per heavy atom. The Labute approximate surface area is 147 Å². The molecule has 1 atom stereocenters. The van der Waals surface area contributed by atoms with E-state index in [4.69, 9.17) is 10.5 Å². The lowest BCUT2D eigenvalue weighted by Crippen LogP contribution is -2.34. The molecule has 1 aliphatic rings. The molecule has 0 spiro atoms. The van der Waals surface area contributed by atoms with Crippen LogP contribution in [0.5, 0.6) is 5.75 Å². The molecule has 3 rings (SSSR count). The van der Waals surface area contributed by atoms with Crippen molar-refractivity contribution in [2.45, 2.75) is 31.7 Å². The maximum Gasteiger partial charge on any atom is 0.258 e. The Morgan fingerprint density at radius 3 is 2.64 bits per heavy atom. The summed E-state index contributed by atoms with van der Waals surface area (Å²) in [6.45, 7) is -0.0339. The van der Waals surface area contributed by atoms with Crippen molar-refractivity contribution in [3.05, 3.63) is 65.2 Å². The number of fused-ring (bicyclic) bond motifs is 1. The average Bonchev–Trinajstić information content (AvgIpc) is 2.61. The van der Waals surface area contributed by atoms with Gasteiger partial charge in [0.25, 0.3) is 5.91 Å². The molecule has 2 amide bonds. The first kappa shape index (κ1) is 17.0. The highest BCUT2D eigenvalue weighted by Crippen LogP contribution is 2.29.